The van der Waals surface area contributed by atoms with E-state index in [1.54, 1.807) is 17.6 Å². The summed E-state index contributed by atoms with van der Waals surface area (Å²) in [5, 5.41) is 11.8. The Bertz CT molecular complexity index is 564. The number of likely N-dealkylation sites (tertiary alicyclic amines) is 1. The first-order valence-electron chi connectivity index (χ1n) is 6.16. The summed E-state index contributed by atoms with van der Waals surface area (Å²) < 4.78 is 5.31. The highest BCUT2D eigenvalue weighted by Crippen LogP contribution is 2.25. The molecule has 2 aromatic rings. The van der Waals surface area contributed by atoms with Gasteiger partial charge in [-0.3, -0.25) is 9.69 Å². The Morgan fingerprint density at radius 1 is 1.63 bits per heavy atom. The highest BCUT2D eigenvalue weighted by molar-refractivity contribution is 7.13. The van der Waals surface area contributed by atoms with E-state index in [-0.39, 0.29) is 5.92 Å². The zero-order valence-corrected chi connectivity index (χ0v) is 11.1. The van der Waals surface area contributed by atoms with Gasteiger partial charge in [-0.15, -0.1) is 11.3 Å². The van der Waals surface area contributed by atoms with Crippen LogP contribution in [-0.4, -0.2) is 34.0 Å². The van der Waals surface area contributed by atoms with Gasteiger partial charge >= 0.3 is 5.97 Å². The van der Waals surface area contributed by atoms with Crippen LogP contribution in [-0.2, 0) is 11.3 Å². The van der Waals surface area contributed by atoms with E-state index in [2.05, 4.69) is 9.88 Å². The van der Waals surface area contributed by atoms with Gasteiger partial charge in [-0.1, -0.05) is 0 Å². The minimum atomic E-state index is -0.697. The first kappa shape index (κ1) is 12.4. The first-order chi connectivity index (χ1) is 9.22. The summed E-state index contributed by atoms with van der Waals surface area (Å²) in [6, 6.07) is 3.73. The van der Waals surface area contributed by atoms with Crippen LogP contribution in [0.25, 0.3) is 10.8 Å². The second kappa shape index (κ2) is 5.14. The van der Waals surface area contributed by atoms with Crippen molar-refractivity contribution in [3.63, 3.8) is 0 Å². The fraction of sp³-hybridized carbons (Fsp3) is 0.385. The Morgan fingerprint density at radius 2 is 2.53 bits per heavy atom. The number of carbonyl (C=O) groups is 1. The van der Waals surface area contributed by atoms with Gasteiger partial charge in [-0.2, -0.15) is 0 Å². The van der Waals surface area contributed by atoms with E-state index in [0.29, 0.717) is 13.1 Å². The quantitative estimate of drug-likeness (QED) is 0.929. The largest absolute Gasteiger partial charge is 0.481 e. The molecule has 0 radical (unpaired) electrons. The fourth-order valence-corrected chi connectivity index (χ4v) is 3.08. The van der Waals surface area contributed by atoms with Crippen LogP contribution in [0.5, 0.6) is 0 Å². The smallest absolute Gasteiger partial charge is 0.307 e. The first-order valence-corrected chi connectivity index (χ1v) is 7.04. The van der Waals surface area contributed by atoms with Gasteiger partial charge in [-0.25, -0.2) is 4.98 Å². The zero-order valence-electron chi connectivity index (χ0n) is 10.3. The third-order valence-electron chi connectivity index (χ3n) is 3.29. The molecule has 0 amide bonds. The minimum Gasteiger partial charge on any atom is -0.481 e. The lowest BCUT2D eigenvalue weighted by Gasteiger charge is -2.12. The van der Waals surface area contributed by atoms with Crippen molar-refractivity contribution in [1.29, 1.82) is 0 Å². The Balaban J connectivity index is 1.64. The number of carboxylic acids is 1. The fourth-order valence-electron chi connectivity index (χ4n) is 2.30. The molecular weight excluding hydrogens is 264 g/mol. The molecule has 100 valence electrons. The summed E-state index contributed by atoms with van der Waals surface area (Å²) in [5.74, 6) is -0.152. The maximum atomic E-state index is 10.9. The predicted molar refractivity (Wildman–Crippen MR) is 70.8 cm³/mol. The van der Waals surface area contributed by atoms with Crippen LogP contribution >= 0.6 is 11.3 Å². The van der Waals surface area contributed by atoms with Crippen molar-refractivity contribution in [1.82, 2.24) is 9.88 Å². The molecule has 5 nitrogen and oxygen atoms in total. The number of rotatable bonds is 4. The second-order valence-electron chi connectivity index (χ2n) is 4.68. The summed E-state index contributed by atoms with van der Waals surface area (Å²) >= 11 is 1.55. The van der Waals surface area contributed by atoms with Crippen molar-refractivity contribution < 1.29 is 14.3 Å². The van der Waals surface area contributed by atoms with Gasteiger partial charge in [0.25, 0.3) is 0 Å². The average Bonchev–Trinajstić information content (AvgIpc) is 3.09. The van der Waals surface area contributed by atoms with E-state index in [1.807, 2.05) is 17.5 Å². The van der Waals surface area contributed by atoms with E-state index in [4.69, 9.17) is 9.52 Å². The molecule has 19 heavy (non-hydrogen) atoms. The predicted octanol–water partition coefficient (Wildman–Crippen LogP) is 2.31. The van der Waals surface area contributed by atoms with Crippen LogP contribution in [0.1, 0.15) is 12.1 Å². The topological polar surface area (TPSA) is 66.6 Å². The average molecular weight is 278 g/mol. The van der Waals surface area contributed by atoms with E-state index >= 15 is 0 Å². The van der Waals surface area contributed by atoms with E-state index < -0.39 is 5.97 Å². The lowest BCUT2D eigenvalue weighted by Crippen LogP contribution is -2.22. The number of thiazole rings is 1. The van der Waals surface area contributed by atoms with E-state index in [9.17, 15) is 4.79 Å². The van der Waals surface area contributed by atoms with Gasteiger partial charge in [0.2, 0.25) is 0 Å². The molecule has 1 N–H and O–H groups in total. The van der Waals surface area contributed by atoms with E-state index in [1.165, 1.54) is 0 Å². The van der Waals surface area contributed by atoms with Crippen LogP contribution in [0.2, 0.25) is 0 Å². The van der Waals surface area contributed by atoms with Crippen molar-refractivity contribution in [3.8, 4) is 10.8 Å². The molecule has 0 saturated carbocycles. The lowest BCUT2D eigenvalue weighted by atomic mass is 10.1. The molecule has 1 saturated heterocycles. The molecule has 1 fully saturated rings. The summed E-state index contributed by atoms with van der Waals surface area (Å²) in [6.45, 7) is 2.15. The van der Waals surface area contributed by atoms with Crippen LogP contribution < -0.4 is 0 Å². The minimum absolute atomic E-state index is 0.233. The SMILES string of the molecule is O=C(O)C1CCN(Cc2csc(-c3ccco3)n2)C1. The van der Waals surface area contributed by atoms with E-state index in [0.717, 1.165) is 29.4 Å². The Hall–Kier alpha value is -1.66. The van der Waals surface area contributed by atoms with Crippen molar-refractivity contribution in [2.45, 2.75) is 13.0 Å². The standard InChI is InChI=1S/C13H14N2O3S/c16-13(17)9-3-4-15(6-9)7-10-8-19-12(14-10)11-2-1-5-18-11/h1-2,5,8-9H,3-4,6-7H2,(H,16,17). The van der Waals surface area contributed by atoms with Crippen molar-refractivity contribution in [2.75, 3.05) is 13.1 Å². The van der Waals surface area contributed by atoms with Gasteiger partial charge in [0.05, 0.1) is 17.9 Å². The maximum absolute atomic E-state index is 10.9. The Morgan fingerprint density at radius 3 is 3.21 bits per heavy atom. The number of carboxylic acid groups (broad SMARTS) is 1. The molecule has 0 aromatic carbocycles. The summed E-state index contributed by atoms with van der Waals surface area (Å²) in [7, 11) is 0. The number of nitrogens with zero attached hydrogens (tertiary/aromatic N) is 2. The summed E-state index contributed by atoms with van der Waals surface area (Å²) in [5.41, 5.74) is 0.974. The second-order valence-corrected chi connectivity index (χ2v) is 5.54. The number of hydrogen-bond acceptors (Lipinski definition) is 5. The molecule has 0 spiro atoms. The van der Waals surface area contributed by atoms with Crippen LogP contribution in [0, 0.1) is 5.92 Å². The molecule has 3 rings (SSSR count). The normalized spacial score (nSPS) is 19.9. The number of furan rings is 1. The van der Waals surface area contributed by atoms with Gasteiger partial charge in [-0.05, 0) is 25.1 Å². The van der Waals surface area contributed by atoms with Gasteiger partial charge in [0, 0.05) is 18.5 Å². The third kappa shape index (κ3) is 2.69. The van der Waals surface area contributed by atoms with Crippen LogP contribution in [0.3, 0.4) is 0 Å². The molecule has 0 bridgehead atoms. The number of aliphatic carboxylic acids is 1. The monoisotopic (exact) mass is 278 g/mol. The van der Waals surface area contributed by atoms with Gasteiger partial charge in [0.1, 0.15) is 0 Å². The van der Waals surface area contributed by atoms with Crippen molar-refractivity contribution in [3.05, 3.63) is 29.5 Å². The molecule has 1 aliphatic heterocycles. The summed E-state index contributed by atoms with van der Waals surface area (Å²) in [6.07, 6.45) is 2.36. The van der Waals surface area contributed by atoms with Crippen LogP contribution in [0.4, 0.5) is 0 Å². The molecule has 1 atom stereocenters. The summed E-state index contributed by atoms with van der Waals surface area (Å²) in [4.78, 5) is 17.6. The Labute approximate surface area is 114 Å². The van der Waals surface area contributed by atoms with Crippen molar-refractivity contribution >= 4 is 17.3 Å². The van der Waals surface area contributed by atoms with Crippen molar-refractivity contribution in [2.24, 2.45) is 5.92 Å². The Kier molecular flexibility index (Phi) is 3.35. The maximum Gasteiger partial charge on any atom is 0.307 e. The molecule has 0 aliphatic carbocycles. The number of hydrogen-bond donors (Lipinski definition) is 1. The molecule has 6 heteroatoms. The zero-order chi connectivity index (χ0) is 13.2. The van der Waals surface area contributed by atoms with Gasteiger partial charge < -0.3 is 9.52 Å². The molecule has 2 aromatic heterocycles. The third-order valence-corrected chi connectivity index (χ3v) is 4.20. The highest BCUT2D eigenvalue weighted by atomic mass is 32.1. The lowest BCUT2D eigenvalue weighted by molar-refractivity contribution is -0.141. The highest BCUT2D eigenvalue weighted by Gasteiger charge is 2.28. The molecule has 1 unspecified atom stereocenters. The molecule has 1 aliphatic rings. The number of aromatic nitrogens is 1. The molecule has 3 heterocycles. The van der Waals surface area contributed by atoms with Crippen LogP contribution in [0.15, 0.2) is 28.2 Å². The molecular formula is C13H14N2O3S. The van der Waals surface area contributed by atoms with Gasteiger partial charge in [0.15, 0.2) is 10.8 Å².